The first-order chi connectivity index (χ1) is 9.55. The van der Waals surface area contributed by atoms with Crippen LogP contribution in [0.1, 0.15) is 5.56 Å². The Labute approximate surface area is 116 Å². The molecule has 0 radical (unpaired) electrons. The summed E-state index contributed by atoms with van der Waals surface area (Å²) >= 11 is 0. The Morgan fingerprint density at radius 1 is 1.45 bits per heavy atom. The first-order valence-electron chi connectivity index (χ1n) is 5.90. The van der Waals surface area contributed by atoms with Crippen LogP contribution in [0, 0.1) is 11.3 Å². The van der Waals surface area contributed by atoms with Crippen molar-refractivity contribution in [1.82, 2.24) is 4.90 Å². The van der Waals surface area contributed by atoms with Crippen LogP contribution in [-0.4, -0.2) is 41.5 Å². The molecule has 0 unspecified atom stereocenters. The van der Waals surface area contributed by atoms with E-state index in [0.29, 0.717) is 17.8 Å². The third kappa shape index (κ3) is 5.33. The molecule has 0 spiro atoms. The monoisotopic (exact) mass is 273 g/mol. The Hall–Kier alpha value is -2.65. The maximum absolute atomic E-state index is 11.8. The summed E-state index contributed by atoms with van der Waals surface area (Å²) in [6, 6.07) is 8.47. The molecule has 20 heavy (non-hydrogen) atoms. The number of rotatable bonds is 7. The van der Waals surface area contributed by atoms with Gasteiger partial charge < -0.3 is 10.4 Å². The Kier molecular flexibility index (Phi) is 5.94. The van der Waals surface area contributed by atoms with Crippen LogP contribution >= 0.6 is 0 Å². The minimum atomic E-state index is -1.01. The normalized spacial score (nSPS) is 9.80. The Balaban J connectivity index is 2.62. The summed E-state index contributed by atoms with van der Waals surface area (Å²) in [4.78, 5) is 23.9. The van der Waals surface area contributed by atoms with Crippen LogP contribution in [-0.2, 0) is 9.59 Å². The van der Waals surface area contributed by atoms with E-state index in [9.17, 15) is 9.59 Å². The number of hydrogen-bond acceptors (Lipinski definition) is 4. The third-order valence-electron chi connectivity index (χ3n) is 2.39. The number of nitrogens with zero attached hydrogens (tertiary/aromatic N) is 2. The van der Waals surface area contributed by atoms with Gasteiger partial charge in [0.1, 0.15) is 0 Å². The van der Waals surface area contributed by atoms with E-state index >= 15 is 0 Å². The van der Waals surface area contributed by atoms with E-state index in [1.807, 2.05) is 6.07 Å². The molecule has 104 valence electrons. The van der Waals surface area contributed by atoms with Crippen molar-refractivity contribution in [3.05, 3.63) is 42.5 Å². The van der Waals surface area contributed by atoms with Crippen molar-refractivity contribution in [3.8, 4) is 6.07 Å². The number of hydrogen-bond donors (Lipinski definition) is 2. The minimum absolute atomic E-state index is 0.0604. The SMILES string of the molecule is C=CCN(CC(=O)O)CC(=O)Nc1cccc(C#N)c1. The predicted octanol–water partition coefficient (Wildman–Crippen LogP) is 1.07. The van der Waals surface area contributed by atoms with Crippen LogP contribution in [0.5, 0.6) is 0 Å². The van der Waals surface area contributed by atoms with Crippen LogP contribution in [0.15, 0.2) is 36.9 Å². The van der Waals surface area contributed by atoms with Gasteiger partial charge in [-0.25, -0.2) is 0 Å². The topological polar surface area (TPSA) is 93.4 Å². The molecule has 1 aromatic rings. The van der Waals surface area contributed by atoms with Gasteiger partial charge >= 0.3 is 5.97 Å². The van der Waals surface area contributed by atoms with Crippen molar-refractivity contribution < 1.29 is 14.7 Å². The molecule has 1 rings (SSSR count). The molecule has 0 aliphatic carbocycles. The average Bonchev–Trinajstić information content (AvgIpc) is 2.38. The smallest absolute Gasteiger partial charge is 0.317 e. The molecule has 2 N–H and O–H groups in total. The van der Waals surface area contributed by atoms with E-state index in [4.69, 9.17) is 10.4 Å². The molecule has 0 atom stereocenters. The molecule has 0 saturated heterocycles. The number of carboxylic acids is 1. The summed E-state index contributed by atoms with van der Waals surface area (Å²) in [6.07, 6.45) is 1.53. The summed E-state index contributed by atoms with van der Waals surface area (Å²) in [5, 5.41) is 20.1. The Morgan fingerprint density at radius 2 is 2.20 bits per heavy atom. The quantitative estimate of drug-likeness (QED) is 0.725. The molecule has 0 fully saturated rings. The van der Waals surface area contributed by atoms with Gasteiger partial charge in [-0.1, -0.05) is 12.1 Å². The second-order valence-corrected chi connectivity index (χ2v) is 4.09. The van der Waals surface area contributed by atoms with E-state index in [-0.39, 0.29) is 19.0 Å². The van der Waals surface area contributed by atoms with Gasteiger partial charge in [0.25, 0.3) is 0 Å². The van der Waals surface area contributed by atoms with Gasteiger partial charge in [0.05, 0.1) is 24.7 Å². The lowest BCUT2D eigenvalue weighted by Crippen LogP contribution is -2.37. The zero-order chi connectivity index (χ0) is 15.0. The molecule has 0 heterocycles. The predicted molar refractivity (Wildman–Crippen MR) is 74.1 cm³/mol. The fraction of sp³-hybridized carbons (Fsp3) is 0.214. The summed E-state index contributed by atoms with van der Waals surface area (Å²) in [5.41, 5.74) is 0.944. The van der Waals surface area contributed by atoms with Crippen molar-refractivity contribution >= 4 is 17.6 Å². The van der Waals surface area contributed by atoms with Crippen molar-refractivity contribution in [1.29, 1.82) is 5.26 Å². The number of carbonyl (C=O) groups is 2. The third-order valence-corrected chi connectivity index (χ3v) is 2.39. The van der Waals surface area contributed by atoms with Crippen LogP contribution in [0.25, 0.3) is 0 Å². The summed E-state index contributed by atoms with van der Waals surface area (Å²) in [7, 11) is 0. The number of carboxylic acid groups (broad SMARTS) is 1. The van der Waals surface area contributed by atoms with Crippen LogP contribution < -0.4 is 5.32 Å². The second kappa shape index (κ2) is 7.71. The molecular formula is C14H15N3O3. The highest BCUT2D eigenvalue weighted by atomic mass is 16.4. The molecular weight excluding hydrogens is 258 g/mol. The molecule has 0 bridgehead atoms. The van der Waals surface area contributed by atoms with E-state index in [2.05, 4.69) is 11.9 Å². The number of aliphatic carboxylic acids is 1. The highest BCUT2D eigenvalue weighted by Gasteiger charge is 2.12. The lowest BCUT2D eigenvalue weighted by Gasteiger charge is -2.17. The van der Waals surface area contributed by atoms with Gasteiger partial charge in [0, 0.05) is 12.2 Å². The highest BCUT2D eigenvalue weighted by Crippen LogP contribution is 2.09. The largest absolute Gasteiger partial charge is 0.480 e. The molecule has 1 amide bonds. The molecule has 1 aromatic carbocycles. The van der Waals surface area contributed by atoms with E-state index in [1.54, 1.807) is 24.3 Å². The maximum atomic E-state index is 11.8. The fourth-order valence-electron chi connectivity index (χ4n) is 1.63. The van der Waals surface area contributed by atoms with E-state index in [0.717, 1.165) is 0 Å². The molecule has 0 saturated carbocycles. The summed E-state index contributed by atoms with van der Waals surface area (Å²) in [6.45, 7) is 3.52. The van der Waals surface area contributed by atoms with E-state index in [1.165, 1.54) is 11.0 Å². The molecule has 0 aliphatic heterocycles. The Bertz CT molecular complexity index is 549. The van der Waals surface area contributed by atoms with Gasteiger partial charge in [-0.3, -0.25) is 14.5 Å². The number of carbonyl (C=O) groups excluding carboxylic acids is 1. The van der Waals surface area contributed by atoms with Crippen molar-refractivity contribution in [2.24, 2.45) is 0 Å². The second-order valence-electron chi connectivity index (χ2n) is 4.09. The first-order valence-corrected chi connectivity index (χ1v) is 5.90. The average molecular weight is 273 g/mol. The number of nitriles is 1. The zero-order valence-electron chi connectivity index (χ0n) is 10.9. The van der Waals surface area contributed by atoms with Crippen LogP contribution in [0.3, 0.4) is 0 Å². The number of amides is 1. The zero-order valence-corrected chi connectivity index (χ0v) is 10.9. The molecule has 6 nitrogen and oxygen atoms in total. The van der Waals surface area contributed by atoms with Gasteiger partial charge in [0.2, 0.25) is 5.91 Å². The lowest BCUT2D eigenvalue weighted by molar-refractivity contribution is -0.138. The standard InChI is InChI=1S/C14H15N3O3/c1-2-6-17(10-14(19)20)9-13(18)16-12-5-3-4-11(7-12)8-15/h2-5,7H,1,6,9-10H2,(H,16,18)(H,19,20). The van der Waals surface area contributed by atoms with Gasteiger partial charge in [-0.15, -0.1) is 6.58 Å². The van der Waals surface area contributed by atoms with Gasteiger partial charge in [0.15, 0.2) is 0 Å². The Morgan fingerprint density at radius 3 is 2.80 bits per heavy atom. The highest BCUT2D eigenvalue weighted by molar-refractivity contribution is 5.92. The molecule has 0 aromatic heterocycles. The van der Waals surface area contributed by atoms with E-state index < -0.39 is 5.97 Å². The first kappa shape index (κ1) is 15.4. The van der Waals surface area contributed by atoms with Crippen LogP contribution in [0.4, 0.5) is 5.69 Å². The summed E-state index contributed by atoms with van der Waals surface area (Å²) in [5.74, 6) is -1.35. The van der Waals surface area contributed by atoms with Crippen molar-refractivity contribution in [3.63, 3.8) is 0 Å². The lowest BCUT2D eigenvalue weighted by atomic mass is 10.2. The number of anilines is 1. The van der Waals surface area contributed by atoms with Crippen molar-refractivity contribution in [2.45, 2.75) is 0 Å². The molecule has 0 aliphatic rings. The maximum Gasteiger partial charge on any atom is 0.317 e. The van der Waals surface area contributed by atoms with Crippen LogP contribution in [0.2, 0.25) is 0 Å². The van der Waals surface area contributed by atoms with Gasteiger partial charge in [-0.05, 0) is 18.2 Å². The number of nitrogens with one attached hydrogen (secondary N) is 1. The minimum Gasteiger partial charge on any atom is -0.480 e. The molecule has 6 heteroatoms. The van der Waals surface area contributed by atoms with Gasteiger partial charge in [-0.2, -0.15) is 5.26 Å². The summed E-state index contributed by atoms with van der Waals surface area (Å²) < 4.78 is 0. The number of benzene rings is 1. The van der Waals surface area contributed by atoms with Crippen molar-refractivity contribution in [2.75, 3.05) is 25.0 Å². The fourth-order valence-corrected chi connectivity index (χ4v) is 1.63.